The number of rotatable bonds is 3. The number of halogens is 1. The molecule has 1 aromatic rings. The fourth-order valence-corrected chi connectivity index (χ4v) is 1.93. The highest BCUT2D eigenvalue weighted by Gasteiger charge is 2.46. The smallest absolute Gasteiger partial charge is 0.408 e. The third-order valence-corrected chi connectivity index (χ3v) is 2.96. The van der Waals surface area contributed by atoms with Gasteiger partial charge in [-0.25, -0.2) is 9.18 Å². The van der Waals surface area contributed by atoms with E-state index < -0.39 is 18.3 Å². The van der Waals surface area contributed by atoms with Crippen LogP contribution in [0.15, 0.2) is 30.3 Å². The van der Waals surface area contributed by atoms with Crippen molar-refractivity contribution in [3.8, 4) is 0 Å². The zero-order chi connectivity index (χ0) is 11.7. The van der Waals surface area contributed by atoms with Crippen LogP contribution in [0.5, 0.6) is 0 Å². The Hall–Kier alpha value is -1.58. The number of alkyl halides is 1. The molecule has 1 aromatic carbocycles. The first-order valence-electron chi connectivity index (χ1n) is 5.31. The Kier molecular flexibility index (Phi) is 2.81. The third-order valence-electron chi connectivity index (χ3n) is 2.96. The van der Waals surface area contributed by atoms with Gasteiger partial charge in [0.2, 0.25) is 0 Å². The summed E-state index contributed by atoms with van der Waals surface area (Å²) in [7, 11) is 0. The molecule has 2 rings (SSSR count). The molecule has 1 saturated carbocycles. The summed E-state index contributed by atoms with van der Waals surface area (Å²) in [6, 6.07) is 8.53. The molecule has 3 atom stereocenters. The zero-order valence-corrected chi connectivity index (χ0v) is 9.01. The lowest BCUT2D eigenvalue weighted by molar-refractivity contribution is 0.119. The maximum atomic E-state index is 13.0. The molecule has 1 aliphatic rings. The Balaban J connectivity index is 2.18. The van der Waals surface area contributed by atoms with E-state index in [4.69, 9.17) is 5.11 Å². The molecule has 3 nitrogen and oxygen atoms in total. The monoisotopic (exact) mass is 223 g/mol. The van der Waals surface area contributed by atoms with Gasteiger partial charge in [-0.3, -0.25) is 4.90 Å². The molecule has 16 heavy (non-hydrogen) atoms. The summed E-state index contributed by atoms with van der Waals surface area (Å²) in [4.78, 5) is 12.3. The van der Waals surface area contributed by atoms with E-state index in [-0.39, 0.29) is 6.04 Å². The van der Waals surface area contributed by atoms with Crippen molar-refractivity contribution < 1.29 is 14.3 Å². The molecule has 0 bridgehead atoms. The van der Waals surface area contributed by atoms with Gasteiger partial charge in [0.15, 0.2) is 0 Å². The topological polar surface area (TPSA) is 40.5 Å². The van der Waals surface area contributed by atoms with Gasteiger partial charge in [0, 0.05) is 6.42 Å². The van der Waals surface area contributed by atoms with Crippen molar-refractivity contribution in [1.29, 1.82) is 0 Å². The van der Waals surface area contributed by atoms with Gasteiger partial charge in [0.25, 0.3) is 0 Å². The minimum Gasteiger partial charge on any atom is -0.465 e. The molecule has 0 spiro atoms. The second-order valence-electron chi connectivity index (χ2n) is 4.10. The van der Waals surface area contributed by atoms with Crippen LogP contribution in [0, 0.1) is 0 Å². The van der Waals surface area contributed by atoms with Crippen LogP contribution in [0.25, 0.3) is 0 Å². The quantitative estimate of drug-likeness (QED) is 0.855. The van der Waals surface area contributed by atoms with Gasteiger partial charge in [-0.1, -0.05) is 30.3 Å². The van der Waals surface area contributed by atoms with Crippen LogP contribution in [0.2, 0.25) is 0 Å². The summed E-state index contributed by atoms with van der Waals surface area (Å²) in [5, 5.41) is 9.09. The van der Waals surface area contributed by atoms with Crippen LogP contribution in [0.3, 0.4) is 0 Å². The van der Waals surface area contributed by atoms with E-state index in [1.165, 1.54) is 4.90 Å². The minimum atomic E-state index is -1.05. The molecule has 1 fully saturated rings. The minimum absolute atomic E-state index is 0.301. The second kappa shape index (κ2) is 4.12. The summed E-state index contributed by atoms with van der Waals surface area (Å²) in [5.41, 5.74) is 0.893. The lowest BCUT2D eigenvalue weighted by atomic mass is 10.1. The molecule has 0 aliphatic heterocycles. The van der Waals surface area contributed by atoms with Crippen LogP contribution in [0.4, 0.5) is 9.18 Å². The Morgan fingerprint density at radius 3 is 2.50 bits per heavy atom. The van der Waals surface area contributed by atoms with E-state index in [2.05, 4.69) is 0 Å². The molecule has 0 aromatic heterocycles. The predicted octanol–water partition coefficient (Wildman–Crippen LogP) is 2.84. The summed E-state index contributed by atoms with van der Waals surface area (Å²) in [5.74, 6) is 0. The van der Waals surface area contributed by atoms with Crippen molar-refractivity contribution in [3.63, 3.8) is 0 Å². The van der Waals surface area contributed by atoms with Gasteiger partial charge in [-0.2, -0.15) is 0 Å². The predicted molar refractivity (Wildman–Crippen MR) is 58.0 cm³/mol. The van der Waals surface area contributed by atoms with E-state index in [0.717, 1.165) is 5.56 Å². The molecule has 1 N–H and O–H groups in total. The molecule has 86 valence electrons. The third kappa shape index (κ3) is 2.01. The Labute approximate surface area is 93.5 Å². The fourth-order valence-electron chi connectivity index (χ4n) is 1.93. The van der Waals surface area contributed by atoms with Gasteiger partial charge in [-0.15, -0.1) is 0 Å². The summed E-state index contributed by atoms with van der Waals surface area (Å²) >= 11 is 0. The van der Waals surface area contributed by atoms with Crippen molar-refractivity contribution in [1.82, 2.24) is 4.90 Å². The lowest BCUT2D eigenvalue weighted by Crippen LogP contribution is -2.35. The molecular formula is C12H14FNO2. The lowest BCUT2D eigenvalue weighted by Gasteiger charge is -2.26. The first-order valence-corrected chi connectivity index (χ1v) is 5.31. The first kappa shape index (κ1) is 10.9. The summed E-state index contributed by atoms with van der Waals surface area (Å²) < 4.78 is 13.0. The molecule has 1 amide bonds. The number of hydrogen-bond donors (Lipinski definition) is 1. The van der Waals surface area contributed by atoms with E-state index in [1.807, 2.05) is 30.3 Å². The van der Waals surface area contributed by atoms with E-state index in [0.29, 0.717) is 6.42 Å². The standard InChI is InChI=1S/C12H14FNO2/c1-8(9-5-3-2-4-6-9)14(12(15)16)11-7-10(11)13/h2-6,8,10-11H,7H2,1H3,(H,15,16)/t8?,10-,11+/m0/s1. The van der Waals surface area contributed by atoms with E-state index in [1.54, 1.807) is 6.92 Å². The van der Waals surface area contributed by atoms with Crippen molar-refractivity contribution in [2.45, 2.75) is 31.6 Å². The van der Waals surface area contributed by atoms with Crippen LogP contribution >= 0.6 is 0 Å². The summed E-state index contributed by atoms with van der Waals surface area (Å²) in [6.45, 7) is 1.79. The summed E-state index contributed by atoms with van der Waals surface area (Å²) in [6.07, 6.45) is -1.73. The van der Waals surface area contributed by atoms with E-state index in [9.17, 15) is 9.18 Å². The van der Waals surface area contributed by atoms with Crippen molar-refractivity contribution in [2.75, 3.05) is 0 Å². The van der Waals surface area contributed by atoms with Crippen molar-refractivity contribution >= 4 is 6.09 Å². The average molecular weight is 223 g/mol. The number of hydrogen-bond acceptors (Lipinski definition) is 1. The number of carboxylic acid groups (broad SMARTS) is 1. The maximum absolute atomic E-state index is 13.0. The van der Waals surface area contributed by atoms with Crippen LogP contribution in [0.1, 0.15) is 24.9 Å². The number of amides is 1. The van der Waals surface area contributed by atoms with E-state index >= 15 is 0 Å². The number of carbonyl (C=O) groups is 1. The van der Waals surface area contributed by atoms with Gasteiger partial charge in [0.05, 0.1) is 12.1 Å². The molecule has 0 radical (unpaired) electrons. The molecule has 1 aliphatic carbocycles. The highest BCUT2D eigenvalue weighted by atomic mass is 19.1. The SMILES string of the molecule is CC(c1ccccc1)N(C(=O)O)[C@@H]1C[C@@H]1F. The Morgan fingerprint density at radius 1 is 1.50 bits per heavy atom. The number of nitrogens with zero attached hydrogens (tertiary/aromatic N) is 1. The molecule has 1 unspecified atom stereocenters. The number of benzene rings is 1. The molecule has 0 heterocycles. The average Bonchev–Trinajstić information content (AvgIpc) is 2.96. The van der Waals surface area contributed by atoms with Crippen LogP contribution < -0.4 is 0 Å². The molecular weight excluding hydrogens is 209 g/mol. The second-order valence-corrected chi connectivity index (χ2v) is 4.10. The van der Waals surface area contributed by atoms with Crippen LogP contribution in [-0.2, 0) is 0 Å². The molecule has 4 heteroatoms. The molecule has 0 saturated heterocycles. The first-order chi connectivity index (χ1) is 7.61. The highest BCUT2D eigenvalue weighted by molar-refractivity contribution is 5.67. The van der Waals surface area contributed by atoms with Crippen molar-refractivity contribution in [3.05, 3.63) is 35.9 Å². The van der Waals surface area contributed by atoms with Crippen molar-refractivity contribution in [2.24, 2.45) is 0 Å². The fraction of sp³-hybridized carbons (Fsp3) is 0.417. The zero-order valence-electron chi connectivity index (χ0n) is 9.01. The van der Waals surface area contributed by atoms with Crippen LogP contribution in [-0.4, -0.2) is 28.3 Å². The van der Waals surface area contributed by atoms with Gasteiger partial charge in [-0.05, 0) is 12.5 Å². The maximum Gasteiger partial charge on any atom is 0.408 e. The van der Waals surface area contributed by atoms with Gasteiger partial charge < -0.3 is 5.11 Å². The van der Waals surface area contributed by atoms with Gasteiger partial charge in [0.1, 0.15) is 6.17 Å². The van der Waals surface area contributed by atoms with Gasteiger partial charge >= 0.3 is 6.09 Å². The largest absolute Gasteiger partial charge is 0.465 e. The normalized spacial score (nSPS) is 24.9. The highest BCUT2D eigenvalue weighted by Crippen LogP contribution is 2.36. The Morgan fingerprint density at radius 2 is 2.06 bits per heavy atom. The Bertz CT molecular complexity index is 382.